The second-order valence-corrected chi connectivity index (χ2v) is 8.68. The Balaban J connectivity index is 1.70. The first-order valence-corrected chi connectivity index (χ1v) is 10.2. The second-order valence-electron chi connectivity index (χ2n) is 8.68. The van der Waals surface area contributed by atoms with Gasteiger partial charge in [-0.05, 0) is 105 Å². The predicted molar refractivity (Wildman–Crippen MR) is 106 cm³/mol. The first-order valence-electron chi connectivity index (χ1n) is 10.2. The summed E-state index contributed by atoms with van der Waals surface area (Å²) in [5.41, 5.74) is 4.19. The molecule has 144 valence electrons. The Morgan fingerprint density at radius 2 is 1.37 bits per heavy atom. The fourth-order valence-corrected chi connectivity index (χ4v) is 5.44. The molecule has 2 saturated heterocycles. The number of halogens is 2. The monoisotopic (exact) mass is 369 g/mol. The van der Waals surface area contributed by atoms with Gasteiger partial charge in [0.25, 0.3) is 0 Å². The molecule has 2 heterocycles. The second kappa shape index (κ2) is 7.35. The van der Waals surface area contributed by atoms with Crippen LogP contribution in [0.15, 0.2) is 36.4 Å². The van der Waals surface area contributed by atoms with Crippen LogP contribution in [0.1, 0.15) is 60.3 Å². The van der Waals surface area contributed by atoms with E-state index in [9.17, 15) is 8.78 Å². The number of rotatable bonds is 4. The standard InChI is InChI=1S/C24H29F2N/c1-15-4-6-18(25)13-22(15)24(23-14-19(26)7-5-16(23)2)12-17-10-20-8-9-21(11-17)27(20)3/h4-7,13-14,17,20-21,24H,8-12H2,1-3H3/t17-,20+,21-. The van der Waals surface area contributed by atoms with Crippen LogP contribution in [0.4, 0.5) is 8.78 Å². The molecule has 3 atom stereocenters. The Morgan fingerprint density at radius 1 is 0.889 bits per heavy atom. The van der Waals surface area contributed by atoms with Crippen LogP contribution in [-0.4, -0.2) is 24.0 Å². The molecule has 2 aromatic carbocycles. The fourth-order valence-electron chi connectivity index (χ4n) is 5.44. The minimum Gasteiger partial charge on any atom is -0.300 e. The van der Waals surface area contributed by atoms with E-state index in [1.165, 1.54) is 37.8 Å². The third-order valence-electron chi connectivity index (χ3n) is 7.00. The summed E-state index contributed by atoms with van der Waals surface area (Å²) >= 11 is 0. The average Bonchev–Trinajstić information content (AvgIpc) is 2.85. The Labute approximate surface area is 161 Å². The van der Waals surface area contributed by atoms with Gasteiger partial charge in [0.1, 0.15) is 11.6 Å². The molecule has 0 amide bonds. The molecule has 2 aliphatic heterocycles. The summed E-state index contributed by atoms with van der Waals surface area (Å²) in [4.78, 5) is 2.55. The zero-order valence-corrected chi connectivity index (χ0v) is 16.5. The van der Waals surface area contributed by atoms with Crippen molar-refractivity contribution in [1.82, 2.24) is 4.90 Å². The van der Waals surface area contributed by atoms with Crippen molar-refractivity contribution >= 4 is 0 Å². The van der Waals surface area contributed by atoms with Crippen molar-refractivity contribution in [2.45, 2.75) is 64.0 Å². The Morgan fingerprint density at radius 3 is 1.85 bits per heavy atom. The molecule has 27 heavy (non-hydrogen) atoms. The number of aryl methyl sites for hydroxylation is 2. The van der Waals surface area contributed by atoms with E-state index in [0.29, 0.717) is 18.0 Å². The number of fused-ring (bicyclic) bond motifs is 2. The molecule has 4 rings (SSSR count). The summed E-state index contributed by atoms with van der Waals surface area (Å²) in [7, 11) is 2.25. The Bertz CT molecular complexity index is 766. The number of hydrogen-bond acceptors (Lipinski definition) is 1. The fraction of sp³-hybridized carbons (Fsp3) is 0.500. The molecule has 2 bridgehead atoms. The molecule has 0 N–H and O–H groups in total. The zero-order chi connectivity index (χ0) is 19.1. The van der Waals surface area contributed by atoms with Gasteiger partial charge in [-0.25, -0.2) is 8.78 Å². The van der Waals surface area contributed by atoms with Crippen molar-refractivity contribution in [3.63, 3.8) is 0 Å². The van der Waals surface area contributed by atoms with Gasteiger partial charge in [-0.2, -0.15) is 0 Å². The zero-order valence-electron chi connectivity index (χ0n) is 16.5. The smallest absolute Gasteiger partial charge is 0.123 e. The van der Waals surface area contributed by atoms with Gasteiger partial charge < -0.3 is 4.90 Å². The van der Waals surface area contributed by atoms with Crippen LogP contribution in [0.25, 0.3) is 0 Å². The lowest BCUT2D eigenvalue weighted by Gasteiger charge is -2.38. The summed E-state index contributed by atoms with van der Waals surface area (Å²) in [6, 6.07) is 11.4. The van der Waals surface area contributed by atoms with Crippen molar-refractivity contribution < 1.29 is 8.78 Å². The Hall–Kier alpha value is -1.74. The maximum atomic E-state index is 14.1. The molecule has 0 saturated carbocycles. The van der Waals surface area contributed by atoms with Crippen molar-refractivity contribution in [3.8, 4) is 0 Å². The van der Waals surface area contributed by atoms with Crippen molar-refractivity contribution in [2.75, 3.05) is 7.05 Å². The quantitative estimate of drug-likeness (QED) is 0.641. The molecule has 2 fully saturated rings. The number of hydrogen-bond donors (Lipinski definition) is 0. The molecular weight excluding hydrogens is 340 g/mol. The third-order valence-corrected chi connectivity index (χ3v) is 7.00. The number of piperidine rings is 1. The van der Waals surface area contributed by atoms with Crippen LogP contribution >= 0.6 is 0 Å². The first kappa shape index (κ1) is 18.6. The van der Waals surface area contributed by atoms with E-state index in [4.69, 9.17) is 0 Å². The van der Waals surface area contributed by atoms with Gasteiger partial charge in [0.05, 0.1) is 0 Å². The molecule has 0 unspecified atom stereocenters. The molecule has 2 aliphatic rings. The molecule has 0 spiro atoms. The van der Waals surface area contributed by atoms with Gasteiger partial charge in [-0.3, -0.25) is 0 Å². The Kier molecular flexibility index (Phi) is 5.07. The van der Waals surface area contributed by atoms with Gasteiger partial charge in [-0.1, -0.05) is 12.1 Å². The van der Waals surface area contributed by atoms with Crippen LogP contribution in [0.3, 0.4) is 0 Å². The van der Waals surface area contributed by atoms with Gasteiger partial charge in [0.15, 0.2) is 0 Å². The van der Waals surface area contributed by atoms with Crippen LogP contribution < -0.4 is 0 Å². The SMILES string of the molecule is Cc1ccc(F)cc1C(C[C@H]1C[C@H]2CC[C@@H](C1)N2C)c1cc(F)ccc1C. The van der Waals surface area contributed by atoms with Crippen molar-refractivity contribution in [3.05, 3.63) is 70.3 Å². The summed E-state index contributed by atoms with van der Waals surface area (Å²) < 4.78 is 28.2. The van der Waals surface area contributed by atoms with Crippen molar-refractivity contribution in [1.29, 1.82) is 0 Å². The highest BCUT2D eigenvalue weighted by molar-refractivity contribution is 5.41. The molecule has 0 aromatic heterocycles. The van der Waals surface area contributed by atoms with Gasteiger partial charge in [0, 0.05) is 18.0 Å². The largest absolute Gasteiger partial charge is 0.300 e. The van der Waals surface area contributed by atoms with Crippen LogP contribution in [0.2, 0.25) is 0 Å². The van der Waals surface area contributed by atoms with Crippen LogP contribution in [-0.2, 0) is 0 Å². The lowest BCUT2D eigenvalue weighted by atomic mass is 9.76. The van der Waals surface area contributed by atoms with Crippen molar-refractivity contribution in [2.24, 2.45) is 5.92 Å². The molecule has 0 aliphatic carbocycles. The normalized spacial score (nSPS) is 25.3. The minimum atomic E-state index is -0.210. The molecular formula is C24H29F2N. The van der Waals surface area contributed by atoms with Crippen LogP contribution in [0, 0.1) is 31.4 Å². The lowest BCUT2D eigenvalue weighted by molar-refractivity contribution is 0.127. The maximum Gasteiger partial charge on any atom is 0.123 e. The van der Waals surface area contributed by atoms with E-state index in [-0.39, 0.29) is 17.6 Å². The topological polar surface area (TPSA) is 3.24 Å². The summed E-state index contributed by atoms with van der Waals surface area (Å²) in [6.07, 6.45) is 5.95. The molecule has 3 heteroatoms. The third kappa shape index (κ3) is 3.67. The minimum absolute atomic E-state index is 0.0456. The van der Waals surface area contributed by atoms with Crippen LogP contribution in [0.5, 0.6) is 0 Å². The molecule has 1 nitrogen and oxygen atoms in total. The van der Waals surface area contributed by atoms with E-state index >= 15 is 0 Å². The predicted octanol–water partition coefficient (Wildman–Crippen LogP) is 5.98. The maximum absolute atomic E-state index is 14.1. The van der Waals surface area contributed by atoms with E-state index in [1.54, 1.807) is 12.1 Å². The highest BCUT2D eigenvalue weighted by Gasteiger charge is 2.39. The van der Waals surface area contributed by atoms with E-state index < -0.39 is 0 Å². The highest BCUT2D eigenvalue weighted by atomic mass is 19.1. The van der Waals surface area contributed by atoms with Gasteiger partial charge in [0.2, 0.25) is 0 Å². The van der Waals surface area contributed by atoms with Gasteiger partial charge >= 0.3 is 0 Å². The molecule has 0 radical (unpaired) electrons. The number of nitrogens with zero attached hydrogens (tertiary/aromatic N) is 1. The number of benzene rings is 2. The highest BCUT2D eigenvalue weighted by Crippen LogP contribution is 2.44. The average molecular weight is 369 g/mol. The lowest BCUT2D eigenvalue weighted by Crippen LogP contribution is -2.40. The van der Waals surface area contributed by atoms with E-state index in [2.05, 4.69) is 11.9 Å². The summed E-state index contributed by atoms with van der Waals surface area (Å²) in [6.45, 7) is 4.07. The van der Waals surface area contributed by atoms with E-state index in [0.717, 1.165) is 28.7 Å². The van der Waals surface area contributed by atoms with E-state index in [1.807, 2.05) is 26.0 Å². The summed E-state index contributed by atoms with van der Waals surface area (Å²) in [5, 5.41) is 0. The molecule has 2 aromatic rings. The first-order chi connectivity index (χ1) is 12.9. The summed E-state index contributed by atoms with van der Waals surface area (Å²) in [5.74, 6) is 0.231. The van der Waals surface area contributed by atoms with Gasteiger partial charge in [-0.15, -0.1) is 0 Å².